The summed E-state index contributed by atoms with van der Waals surface area (Å²) in [5, 5.41) is 0. The fourth-order valence-electron chi connectivity index (χ4n) is 4.36. The van der Waals surface area contributed by atoms with Crippen LogP contribution in [-0.2, 0) is 11.2 Å². The van der Waals surface area contributed by atoms with Gasteiger partial charge in [-0.2, -0.15) is 0 Å². The molecule has 0 aliphatic carbocycles. The Kier molecular flexibility index (Phi) is 6.30. The Balaban J connectivity index is 1.37. The zero-order valence-electron chi connectivity index (χ0n) is 15.2. The van der Waals surface area contributed by atoms with Crippen LogP contribution in [0.3, 0.4) is 0 Å². The Morgan fingerprint density at radius 2 is 1.92 bits per heavy atom. The van der Waals surface area contributed by atoms with Crippen molar-refractivity contribution in [3.63, 3.8) is 0 Å². The highest BCUT2D eigenvalue weighted by Gasteiger charge is 2.31. The molecule has 2 heterocycles. The van der Waals surface area contributed by atoms with Gasteiger partial charge in [0.05, 0.1) is 19.6 Å². The lowest BCUT2D eigenvalue weighted by atomic mass is 9.92. The van der Waals surface area contributed by atoms with Crippen LogP contribution >= 0.6 is 0 Å². The van der Waals surface area contributed by atoms with E-state index in [0.29, 0.717) is 17.7 Å². The van der Waals surface area contributed by atoms with Crippen molar-refractivity contribution >= 4 is 5.91 Å². The van der Waals surface area contributed by atoms with Crippen molar-refractivity contribution in [1.29, 1.82) is 0 Å². The Hall–Kier alpha value is -1.35. The van der Waals surface area contributed by atoms with Crippen LogP contribution in [0, 0.1) is 11.8 Å². The third-order valence-electron chi connectivity index (χ3n) is 5.85. The summed E-state index contributed by atoms with van der Waals surface area (Å²) >= 11 is 0. The molecule has 1 amide bonds. The molecule has 0 saturated carbocycles. The molecule has 2 saturated heterocycles. The summed E-state index contributed by atoms with van der Waals surface area (Å²) in [6.45, 7) is 7.86. The Labute approximate surface area is 147 Å². The fraction of sp³-hybridized carbons (Fsp3) is 0.667. The van der Waals surface area contributed by atoms with E-state index >= 15 is 0 Å². The van der Waals surface area contributed by atoms with Gasteiger partial charge in [-0.25, -0.2) is 0 Å². The summed E-state index contributed by atoms with van der Waals surface area (Å²) in [5.41, 5.74) is 1.45. The van der Waals surface area contributed by atoms with E-state index in [1.165, 1.54) is 50.9 Å². The first kappa shape index (κ1) is 17.5. The van der Waals surface area contributed by atoms with Crippen LogP contribution < -0.4 is 4.90 Å². The van der Waals surface area contributed by atoms with Crippen molar-refractivity contribution in [3.8, 4) is 0 Å². The molecular formula is C21H33N2O+. The lowest BCUT2D eigenvalue weighted by molar-refractivity contribution is -0.906. The second kappa shape index (κ2) is 8.66. The van der Waals surface area contributed by atoms with E-state index in [-0.39, 0.29) is 0 Å². The number of rotatable bonds is 5. The molecule has 0 radical (unpaired) electrons. The molecule has 3 nitrogen and oxygen atoms in total. The molecule has 1 atom stereocenters. The van der Waals surface area contributed by atoms with Gasteiger partial charge >= 0.3 is 0 Å². The first-order valence-electron chi connectivity index (χ1n) is 9.88. The third-order valence-corrected chi connectivity index (χ3v) is 5.85. The summed E-state index contributed by atoms with van der Waals surface area (Å²) in [5.74, 6) is 1.43. The molecule has 0 bridgehead atoms. The monoisotopic (exact) mass is 329 g/mol. The van der Waals surface area contributed by atoms with E-state index in [1.807, 2.05) is 0 Å². The molecule has 132 valence electrons. The summed E-state index contributed by atoms with van der Waals surface area (Å²) < 4.78 is 0. The smallest absolute Gasteiger partial charge is 0.226 e. The predicted octanol–water partition coefficient (Wildman–Crippen LogP) is 2.17. The van der Waals surface area contributed by atoms with Gasteiger partial charge in [0, 0.05) is 38.3 Å². The molecular weight excluding hydrogens is 296 g/mol. The normalized spacial score (nSPS) is 27.9. The maximum absolute atomic E-state index is 12.7. The lowest BCUT2D eigenvalue weighted by Gasteiger charge is -2.36. The number of amides is 1. The van der Waals surface area contributed by atoms with Crippen molar-refractivity contribution in [1.82, 2.24) is 4.90 Å². The van der Waals surface area contributed by atoms with Gasteiger partial charge in [-0.1, -0.05) is 37.3 Å². The molecule has 3 rings (SSSR count). The molecule has 0 aromatic heterocycles. The van der Waals surface area contributed by atoms with Crippen molar-refractivity contribution < 1.29 is 9.69 Å². The van der Waals surface area contributed by atoms with Crippen LogP contribution in [-0.4, -0.2) is 43.5 Å². The number of carbonyl (C=O) groups is 1. The van der Waals surface area contributed by atoms with E-state index < -0.39 is 0 Å². The highest BCUT2D eigenvalue weighted by molar-refractivity contribution is 5.79. The maximum atomic E-state index is 12.7. The molecule has 2 fully saturated rings. The number of aryl methyl sites for hydroxylation is 1. The van der Waals surface area contributed by atoms with Gasteiger partial charge in [-0.3, -0.25) is 4.79 Å². The van der Waals surface area contributed by atoms with Crippen LogP contribution in [0.25, 0.3) is 0 Å². The van der Waals surface area contributed by atoms with E-state index in [0.717, 1.165) is 25.9 Å². The molecule has 0 spiro atoms. The van der Waals surface area contributed by atoms with Crippen molar-refractivity contribution in [2.24, 2.45) is 11.8 Å². The minimum atomic E-state index is 0.299. The topological polar surface area (TPSA) is 24.8 Å². The Morgan fingerprint density at radius 3 is 2.62 bits per heavy atom. The first-order chi connectivity index (χ1) is 11.7. The average Bonchev–Trinajstić information content (AvgIpc) is 2.63. The first-order valence-corrected chi connectivity index (χ1v) is 9.88. The van der Waals surface area contributed by atoms with Crippen molar-refractivity contribution in [3.05, 3.63) is 35.9 Å². The molecule has 1 N–H and O–H groups in total. The molecule has 1 aromatic rings. The number of nitrogens with zero attached hydrogens (tertiary/aromatic N) is 1. The number of nitrogens with one attached hydrogen (secondary N) is 1. The molecule has 2 aliphatic rings. The number of carbonyl (C=O) groups excluding carboxylic acids is 1. The zero-order valence-corrected chi connectivity index (χ0v) is 15.2. The summed E-state index contributed by atoms with van der Waals surface area (Å²) in [6, 6.07) is 10.8. The van der Waals surface area contributed by atoms with Gasteiger partial charge in [0.1, 0.15) is 0 Å². The zero-order chi connectivity index (χ0) is 16.8. The lowest BCUT2D eigenvalue weighted by Crippen LogP contribution is -3.13. The van der Waals surface area contributed by atoms with Gasteiger partial charge in [-0.05, 0) is 30.7 Å². The van der Waals surface area contributed by atoms with Gasteiger partial charge in [0.2, 0.25) is 5.91 Å². The number of hydrogen-bond donors (Lipinski definition) is 1. The van der Waals surface area contributed by atoms with Gasteiger partial charge in [0.25, 0.3) is 0 Å². The quantitative estimate of drug-likeness (QED) is 0.880. The second-order valence-electron chi connectivity index (χ2n) is 7.90. The second-order valence-corrected chi connectivity index (χ2v) is 7.90. The highest BCUT2D eigenvalue weighted by Crippen LogP contribution is 2.20. The molecule has 1 aromatic carbocycles. The number of piperidine rings is 2. The van der Waals surface area contributed by atoms with E-state index in [4.69, 9.17) is 0 Å². The molecule has 0 unspecified atom stereocenters. The van der Waals surface area contributed by atoms with E-state index in [1.54, 1.807) is 4.90 Å². The highest BCUT2D eigenvalue weighted by atomic mass is 16.2. The molecule has 3 heteroatoms. The third kappa shape index (κ3) is 4.83. The van der Waals surface area contributed by atoms with E-state index in [2.05, 4.69) is 42.2 Å². The minimum Gasteiger partial charge on any atom is -0.342 e. The predicted molar refractivity (Wildman–Crippen MR) is 98.0 cm³/mol. The van der Waals surface area contributed by atoms with Crippen LogP contribution in [0.15, 0.2) is 30.3 Å². The largest absolute Gasteiger partial charge is 0.342 e. The van der Waals surface area contributed by atoms with Crippen molar-refractivity contribution in [2.75, 3.05) is 32.7 Å². The van der Waals surface area contributed by atoms with Crippen LogP contribution in [0.1, 0.15) is 44.6 Å². The Bertz CT molecular complexity index is 508. The summed E-state index contributed by atoms with van der Waals surface area (Å²) in [6.07, 6.45) is 7.08. The van der Waals surface area contributed by atoms with Gasteiger partial charge in [-0.15, -0.1) is 0 Å². The van der Waals surface area contributed by atoms with Crippen LogP contribution in [0.4, 0.5) is 0 Å². The summed E-state index contributed by atoms with van der Waals surface area (Å²) in [4.78, 5) is 16.6. The Morgan fingerprint density at radius 1 is 1.17 bits per heavy atom. The molecule has 24 heavy (non-hydrogen) atoms. The van der Waals surface area contributed by atoms with E-state index in [9.17, 15) is 4.79 Å². The average molecular weight is 330 g/mol. The molecule has 2 aliphatic heterocycles. The van der Waals surface area contributed by atoms with Crippen LogP contribution in [0.5, 0.6) is 0 Å². The summed E-state index contributed by atoms with van der Waals surface area (Å²) in [7, 11) is 0. The SMILES string of the molecule is C[C@H]1CCCN(C(=O)C2CC[NH+](CCCc3ccccc3)CC2)C1. The standard InChI is InChI=1S/C21H32N2O/c1-18-7-5-14-23(17-18)21(24)20-11-15-22(16-12-20)13-6-10-19-8-3-2-4-9-19/h2-4,8-9,18,20H,5-7,10-17H2,1H3/p+1/t18-/m0/s1. The number of likely N-dealkylation sites (tertiary alicyclic amines) is 2. The number of benzene rings is 1. The van der Waals surface area contributed by atoms with Gasteiger partial charge < -0.3 is 9.80 Å². The van der Waals surface area contributed by atoms with Crippen LogP contribution in [0.2, 0.25) is 0 Å². The number of quaternary nitrogens is 1. The minimum absolute atomic E-state index is 0.299. The van der Waals surface area contributed by atoms with Gasteiger partial charge in [0.15, 0.2) is 0 Å². The van der Waals surface area contributed by atoms with Crippen molar-refractivity contribution in [2.45, 2.75) is 45.4 Å². The fourth-order valence-corrected chi connectivity index (χ4v) is 4.36. The number of hydrogen-bond acceptors (Lipinski definition) is 1. The maximum Gasteiger partial charge on any atom is 0.226 e.